The molecule has 3 heteroatoms. The van der Waals surface area contributed by atoms with Crippen LogP contribution in [0.25, 0.3) is 0 Å². The van der Waals surface area contributed by atoms with Gasteiger partial charge >= 0.3 is 0 Å². The smallest absolute Gasteiger partial charge is 0.0561 e. The largest absolute Gasteiger partial charge is 0.382 e. The van der Waals surface area contributed by atoms with Crippen molar-refractivity contribution in [1.29, 1.82) is 0 Å². The summed E-state index contributed by atoms with van der Waals surface area (Å²) in [5.41, 5.74) is 5.76. The lowest BCUT2D eigenvalue weighted by atomic mass is 9.77. The zero-order valence-corrected chi connectivity index (χ0v) is 11.4. The summed E-state index contributed by atoms with van der Waals surface area (Å²) in [6, 6.07) is 8.85. The van der Waals surface area contributed by atoms with Crippen molar-refractivity contribution in [3.63, 3.8) is 0 Å². The molecule has 1 fully saturated rings. The van der Waals surface area contributed by atoms with Crippen LogP contribution < -0.4 is 11.3 Å². The molecule has 1 aliphatic rings. The number of ether oxygens (including phenoxy) is 1. The summed E-state index contributed by atoms with van der Waals surface area (Å²) in [6.07, 6.45) is 5.09. The Kier molecular flexibility index (Phi) is 4.75. The van der Waals surface area contributed by atoms with Gasteiger partial charge in [0.2, 0.25) is 0 Å². The van der Waals surface area contributed by atoms with Crippen molar-refractivity contribution < 1.29 is 4.74 Å². The summed E-state index contributed by atoms with van der Waals surface area (Å²) in [4.78, 5) is 0. The number of rotatable bonds is 6. The zero-order chi connectivity index (χ0) is 13.0. The molecule has 18 heavy (non-hydrogen) atoms. The molecule has 2 unspecified atom stereocenters. The molecular formula is C15H24N2O. The van der Waals surface area contributed by atoms with Gasteiger partial charge in [0.05, 0.1) is 6.10 Å². The van der Waals surface area contributed by atoms with Gasteiger partial charge in [-0.3, -0.25) is 11.3 Å². The summed E-state index contributed by atoms with van der Waals surface area (Å²) in [5, 5.41) is 0. The fraction of sp³-hybridized carbons (Fsp3) is 0.600. The van der Waals surface area contributed by atoms with E-state index in [0.717, 1.165) is 12.3 Å². The molecule has 2 atom stereocenters. The maximum Gasteiger partial charge on any atom is 0.0561 e. The second-order valence-electron chi connectivity index (χ2n) is 5.26. The maximum absolute atomic E-state index is 5.73. The van der Waals surface area contributed by atoms with Crippen LogP contribution in [0.3, 0.4) is 0 Å². The number of benzene rings is 1. The number of nitrogens with one attached hydrogen (secondary N) is 1. The van der Waals surface area contributed by atoms with Crippen molar-refractivity contribution >= 4 is 0 Å². The average molecular weight is 248 g/mol. The Bertz CT molecular complexity index is 377. The van der Waals surface area contributed by atoms with E-state index in [4.69, 9.17) is 10.6 Å². The number of hydrogen-bond donors (Lipinski definition) is 2. The Balaban J connectivity index is 2.18. The Hall–Kier alpha value is -0.900. The molecule has 100 valence electrons. The summed E-state index contributed by atoms with van der Waals surface area (Å²) >= 11 is 0. The second kappa shape index (κ2) is 6.32. The molecule has 1 saturated carbocycles. The lowest BCUT2D eigenvalue weighted by Gasteiger charge is -2.31. The molecule has 0 bridgehead atoms. The highest BCUT2D eigenvalue weighted by Gasteiger charge is 2.25. The quantitative estimate of drug-likeness (QED) is 0.601. The first-order valence-electron chi connectivity index (χ1n) is 6.84. The van der Waals surface area contributed by atoms with Crippen LogP contribution in [0.1, 0.15) is 55.7 Å². The fourth-order valence-electron chi connectivity index (χ4n) is 2.63. The Morgan fingerprint density at radius 1 is 1.39 bits per heavy atom. The molecule has 0 saturated heterocycles. The van der Waals surface area contributed by atoms with Crippen LogP contribution >= 0.6 is 0 Å². The molecule has 1 aromatic rings. The van der Waals surface area contributed by atoms with Crippen LogP contribution in [0.5, 0.6) is 0 Å². The van der Waals surface area contributed by atoms with Crippen molar-refractivity contribution in [2.75, 3.05) is 7.11 Å². The molecule has 0 aliphatic heterocycles. The van der Waals surface area contributed by atoms with Gasteiger partial charge in [-0.1, -0.05) is 30.7 Å². The van der Waals surface area contributed by atoms with E-state index in [1.54, 1.807) is 7.11 Å². The number of methoxy groups -OCH3 is 1. The minimum absolute atomic E-state index is 0.178. The Morgan fingerprint density at radius 2 is 2.11 bits per heavy atom. The summed E-state index contributed by atoms with van der Waals surface area (Å²) in [7, 11) is 1.75. The molecule has 1 aromatic carbocycles. The lowest BCUT2D eigenvalue weighted by Crippen LogP contribution is -2.32. The van der Waals surface area contributed by atoms with E-state index in [-0.39, 0.29) is 12.1 Å². The first-order chi connectivity index (χ1) is 8.76. The molecule has 0 aromatic heterocycles. The van der Waals surface area contributed by atoms with Crippen molar-refractivity contribution in [2.45, 2.75) is 50.7 Å². The van der Waals surface area contributed by atoms with Gasteiger partial charge in [0.1, 0.15) is 0 Å². The van der Waals surface area contributed by atoms with E-state index in [1.807, 2.05) is 0 Å². The van der Waals surface area contributed by atoms with Gasteiger partial charge in [-0.05, 0) is 43.2 Å². The van der Waals surface area contributed by atoms with Gasteiger partial charge in [0, 0.05) is 13.2 Å². The monoisotopic (exact) mass is 248 g/mol. The molecular weight excluding hydrogens is 224 g/mol. The van der Waals surface area contributed by atoms with Gasteiger partial charge in [-0.25, -0.2) is 0 Å². The van der Waals surface area contributed by atoms with E-state index in [9.17, 15) is 0 Å². The normalized spacial score (nSPS) is 19.3. The molecule has 3 N–H and O–H groups in total. The maximum atomic E-state index is 5.73. The van der Waals surface area contributed by atoms with Crippen molar-refractivity contribution in [2.24, 2.45) is 5.84 Å². The van der Waals surface area contributed by atoms with Crippen LogP contribution in [-0.2, 0) is 4.74 Å². The van der Waals surface area contributed by atoms with Crippen molar-refractivity contribution in [3.05, 3.63) is 35.4 Å². The van der Waals surface area contributed by atoms with Crippen LogP contribution in [0.2, 0.25) is 0 Å². The number of hydrogen-bond acceptors (Lipinski definition) is 3. The third-order valence-corrected chi connectivity index (χ3v) is 4.09. The number of hydrazine groups is 1. The molecule has 0 amide bonds. The van der Waals surface area contributed by atoms with Gasteiger partial charge < -0.3 is 4.74 Å². The highest BCUT2D eigenvalue weighted by atomic mass is 16.5. The van der Waals surface area contributed by atoms with Gasteiger partial charge in [0.25, 0.3) is 0 Å². The zero-order valence-electron chi connectivity index (χ0n) is 11.4. The standard InChI is InChI=1S/C15H24N2O/c1-11(18-2)10-15(17-16)14-9-4-3-8-13(14)12-6-5-7-12/h3-4,8-9,11-12,15,17H,5-7,10,16H2,1-2H3. The molecule has 2 rings (SSSR count). The van der Waals surface area contributed by atoms with Crippen molar-refractivity contribution in [1.82, 2.24) is 5.43 Å². The summed E-state index contributed by atoms with van der Waals surface area (Å²) < 4.78 is 5.35. The predicted molar refractivity (Wildman–Crippen MR) is 74.2 cm³/mol. The number of nitrogens with two attached hydrogens (primary N) is 1. The molecule has 0 spiro atoms. The van der Waals surface area contributed by atoms with E-state index in [2.05, 4.69) is 36.6 Å². The third-order valence-electron chi connectivity index (χ3n) is 4.09. The lowest BCUT2D eigenvalue weighted by molar-refractivity contribution is 0.100. The average Bonchev–Trinajstić information content (AvgIpc) is 2.34. The molecule has 0 radical (unpaired) electrons. The highest BCUT2D eigenvalue weighted by molar-refractivity contribution is 5.34. The van der Waals surface area contributed by atoms with E-state index in [0.29, 0.717) is 0 Å². The van der Waals surface area contributed by atoms with E-state index < -0.39 is 0 Å². The van der Waals surface area contributed by atoms with Gasteiger partial charge in [0.15, 0.2) is 0 Å². The predicted octanol–water partition coefficient (Wildman–Crippen LogP) is 2.88. The second-order valence-corrected chi connectivity index (χ2v) is 5.26. The Labute approximate surface area is 110 Å². The van der Waals surface area contributed by atoms with Crippen LogP contribution in [0.4, 0.5) is 0 Å². The molecule has 1 aliphatic carbocycles. The summed E-state index contributed by atoms with van der Waals surface area (Å²) in [6.45, 7) is 2.08. The van der Waals surface area contributed by atoms with Crippen LogP contribution in [0, 0.1) is 0 Å². The van der Waals surface area contributed by atoms with Crippen LogP contribution in [-0.4, -0.2) is 13.2 Å². The van der Waals surface area contributed by atoms with Gasteiger partial charge in [-0.2, -0.15) is 0 Å². The van der Waals surface area contributed by atoms with E-state index in [1.165, 1.54) is 30.4 Å². The topological polar surface area (TPSA) is 47.3 Å². The van der Waals surface area contributed by atoms with Crippen LogP contribution in [0.15, 0.2) is 24.3 Å². The first kappa shape index (κ1) is 13.5. The van der Waals surface area contributed by atoms with Gasteiger partial charge in [-0.15, -0.1) is 0 Å². The fourth-order valence-corrected chi connectivity index (χ4v) is 2.63. The summed E-state index contributed by atoms with van der Waals surface area (Å²) in [5.74, 6) is 6.46. The first-order valence-corrected chi connectivity index (χ1v) is 6.84. The SMILES string of the molecule is COC(C)CC(NN)c1ccccc1C1CCC1. The van der Waals surface area contributed by atoms with Crippen molar-refractivity contribution in [3.8, 4) is 0 Å². The highest BCUT2D eigenvalue weighted by Crippen LogP contribution is 2.40. The van der Waals surface area contributed by atoms with E-state index >= 15 is 0 Å². The molecule has 3 nitrogen and oxygen atoms in total. The molecule has 0 heterocycles. The minimum atomic E-state index is 0.178. The minimum Gasteiger partial charge on any atom is -0.382 e. The third kappa shape index (κ3) is 2.91. The Morgan fingerprint density at radius 3 is 2.67 bits per heavy atom.